The van der Waals surface area contributed by atoms with Gasteiger partial charge in [-0.3, -0.25) is 4.79 Å². The van der Waals surface area contributed by atoms with Gasteiger partial charge in [-0.05, 0) is 20.8 Å². The summed E-state index contributed by atoms with van der Waals surface area (Å²) in [5, 5.41) is 2.99. The maximum Gasteiger partial charge on any atom is 0.293 e. The van der Waals surface area contributed by atoms with Crippen molar-refractivity contribution in [2.75, 3.05) is 5.32 Å². The van der Waals surface area contributed by atoms with Gasteiger partial charge in [0.2, 0.25) is 0 Å². The van der Waals surface area contributed by atoms with Gasteiger partial charge in [0, 0.05) is 30.3 Å². The summed E-state index contributed by atoms with van der Waals surface area (Å²) in [6, 6.07) is 0. The molecule has 0 bridgehead atoms. The first-order valence-corrected chi connectivity index (χ1v) is 5.79. The Balaban J connectivity index is 2.22. The highest BCUT2D eigenvalue weighted by molar-refractivity contribution is 5.31. The van der Waals surface area contributed by atoms with E-state index in [1.165, 1.54) is 0 Å². The van der Waals surface area contributed by atoms with Crippen LogP contribution in [0.2, 0.25) is 0 Å². The Kier molecular flexibility index (Phi) is 3.18. The molecule has 96 valence electrons. The Labute approximate surface area is 105 Å². The third kappa shape index (κ3) is 2.58. The van der Waals surface area contributed by atoms with E-state index in [1.54, 1.807) is 29.4 Å². The van der Waals surface area contributed by atoms with Gasteiger partial charge in [0.05, 0.1) is 6.54 Å². The number of aromatic nitrogens is 4. The van der Waals surface area contributed by atoms with Gasteiger partial charge in [-0.25, -0.2) is 9.97 Å². The predicted molar refractivity (Wildman–Crippen MR) is 69.4 cm³/mol. The molecular formula is C12H17N5O. The maximum absolute atomic E-state index is 12.2. The van der Waals surface area contributed by atoms with Crippen LogP contribution in [-0.4, -0.2) is 19.5 Å². The number of imidazole rings is 1. The second-order valence-corrected chi connectivity index (χ2v) is 5.01. The molecule has 0 aromatic carbocycles. The van der Waals surface area contributed by atoms with Crippen molar-refractivity contribution in [2.45, 2.75) is 32.9 Å². The summed E-state index contributed by atoms with van der Waals surface area (Å²) in [6.07, 6.45) is 6.73. The minimum absolute atomic E-state index is 0.128. The first-order valence-electron chi connectivity index (χ1n) is 5.79. The molecule has 0 atom stereocenters. The zero-order chi connectivity index (χ0) is 13.2. The second-order valence-electron chi connectivity index (χ2n) is 5.01. The van der Waals surface area contributed by atoms with Gasteiger partial charge in [-0.15, -0.1) is 0 Å². The molecule has 2 aromatic rings. The molecule has 0 spiro atoms. The predicted octanol–water partition coefficient (Wildman–Crippen LogP) is 1.33. The molecule has 0 unspecified atom stereocenters. The molecule has 18 heavy (non-hydrogen) atoms. The molecular weight excluding hydrogens is 230 g/mol. The molecule has 2 rings (SSSR count). The van der Waals surface area contributed by atoms with Gasteiger partial charge >= 0.3 is 0 Å². The van der Waals surface area contributed by atoms with Crippen molar-refractivity contribution in [2.24, 2.45) is 0 Å². The van der Waals surface area contributed by atoms with Gasteiger partial charge in [0.15, 0.2) is 5.82 Å². The topological polar surface area (TPSA) is 75.6 Å². The second kappa shape index (κ2) is 4.64. The molecule has 6 heteroatoms. The Morgan fingerprint density at radius 1 is 1.33 bits per heavy atom. The molecule has 0 aliphatic rings. The van der Waals surface area contributed by atoms with Crippen molar-refractivity contribution in [1.29, 1.82) is 0 Å². The van der Waals surface area contributed by atoms with E-state index >= 15 is 0 Å². The fraction of sp³-hybridized carbons (Fsp3) is 0.417. The Hall–Kier alpha value is -2.11. The lowest BCUT2D eigenvalue weighted by molar-refractivity contribution is 0.383. The third-order valence-corrected chi connectivity index (χ3v) is 2.54. The number of anilines is 1. The van der Waals surface area contributed by atoms with Crippen molar-refractivity contribution in [3.05, 3.63) is 41.0 Å². The summed E-state index contributed by atoms with van der Waals surface area (Å²) in [6.45, 7) is 6.38. The van der Waals surface area contributed by atoms with Gasteiger partial charge in [0.25, 0.3) is 5.56 Å². The number of hydrogen-bond acceptors (Lipinski definition) is 4. The lowest BCUT2D eigenvalue weighted by Crippen LogP contribution is -2.35. The minimum Gasteiger partial charge on any atom is -0.358 e. The van der Waals surface area contributed by atoms with Crippen molar-refractivity contribution in [3.8, 4) is 0 Å². The van der Waals surface area contributed by atoms with Crippen LogP contribution in [-0.2, 0) is 12.1 Å². The number of nitrogens with one attached hydrogen (secondary N) is 2. The Bertz CT molecular complexity index is 565. The largest absolute Gasteiger partial charge is 0.358 e. The molecule has 0 radical (unpaired) electrons. The lowest BCUT2D eigenvalue weighted by Gasteiger charge is -2.22. The summed E-state index contributed by atoms with van der Waals surface area (Å²) in [5.74, 6) is 1.10. The monoisotopic (exact) mass is 247 g/mol. The maximum atomic E-state index is 12.2. The van der Waals surface area contributed by atoms with E-state index in [9.17, 15) is 4.79 Å². The molecule has 0 aliphatic carbocycles. The number of hydrogen-bond donors (Lipinski definition) is 2. The van der Waals surface area contributed by atoms with Crippen LogP contribution in [0.4, 0.5) is 5.82 Å². The average Bonchev–Trinajstić information content (AvgIpc) is 2.79. The van der Waals surface area contributed by atoms with Crippen molar-refractivity contribution >= 4 is 5.82 Å². The van der Waals surface area contributed by atoms with E-state index in [4.69, 9.17) is 0 Å². The molecule has 2 aromatic heterocycles. The normalized spacial score (nSPS) is 11.5. The fourth-order valence-electron chi connectivity index (χ4n) is 1.62. The minimum atomic E-state index is -0.263. The van der Waals surface area contributed by atoms with E-state index in [-0.39, 0.29) is 11.1 Å². The highest BCUT2D eigenvalue weighted by Gasteiger charge is 2.16. The van der Waals surface area contributed by atoms with Crippen LogP contribution in [0.15, 0.2) is 29.6 Å². The standard InChI is InChI=1S/C12H17N5O/c1-12(2,3)17-7-6-15-10(11(17)18)16-8-9-13-4-5-14-9/h4-7H,8H2,1-3H3,(H,13,14)(H,15,16). The van der Waals surface area contributed by atoms with E-state index in [0.717, 1.165) is 5.82 Å². The van der Waals surface area contributed by atoms with Crippen LogP contribution in [0.5, 0.6) is 0 Å². The quantitative estimate of drug-likeness (QED) is 0.858. The fourth-order valence-corrected chi connectivity index (χ4v) is 1.62. The highest BCUT2D eigenvalue weighted by atomic mass is 16.1. The molecule has 2 N–H and O–H groups in total. The molecule has 0 saturated heterocycles. The molecule has 0 saturated carbocycles. The molecule has 0 amide bonds. The van der Waals surface area contributed by atoms with Crippen LogP contribution >= 0.6 is 0 Å². The van der Waals surface area contributed by atoms with E-state index in [2.05, 4.69) is 20.3 Å². The van der Waals surface area contributed by atoms with Crippen LogP contribution in [0.25, 0.3) is 0 Å². The number of rotatable bonds is 3. The van der Waals surface area contributed by atoms with E-state index < -0.39 is 0 Å². The van der Waals surface area contributed by atoms with Crippen LogP contribution in [0, 0.1) is 0 Å². The first-order chi connectivity index (χ1) is 8.48. The molecule has 0 aliphatic heterocycles. The highest BCUT2D eigenvalue weighted by Crippen LogP contribution is 2.10. The SMILES string of the molecule is CC(C)(C)n1ccnc(NCc2ncc[nH]2)c1=O. The summed E-state index contributed by atoms with van der Waals surface area (Å²) >= 11 is 0. The van der Waals surface area contributed by atoms with Gasteiger partial charge < -0.3 is 14.9 Å². The van der Waals surface area contributed by atoms with Crippen molar-refractivity contribution < 1.29 is 0 Å². The average molecular weight is 247 g/mol. The van der Waals surface area contributed by atoms with Gasteiger partial charge in [-0.1, -0.05) is 0 Å². The molecule has 6 nitrogen and oxygen atoms in total. The van der Waals surface area contributed by atoms with Crippen LogP contribution < -0.4 is 10.9 Å². The van der Waals surface area contributed by atoms with Gasteiger partial charge in [-0.2, -0.15) is 0 Å². The first kappa shape index (κ1) is 12.3. The van der Waals surface area contributed by atoms with Crippen molar-refractivity contribution in [1.82, 2.24) is 19.5 Å². The summed E-state index contributed by atoms with van der Waals surface area (Å²) in [7, 11) is 0. The Morgan fingerprint density at radius 2 is 2.11 bits per heavy atom. The summed E-state index contributed by atoms with van der Waals surface area (Å²) in [4.78, 5) is 23.3. The smallest absolute Gasteiger partial charge is 0.293 e. The zero-order valence-electron chi connectivity index (χ0n) is 10.8. The van der Waals surface area contributed by atoms with Crippen LogP contribution in [0.3, 0.4) is 0 Å². The number of H-pyrrole nitrogens is 1. The number of aromatic amines is 1. The zero-order valence-corrected chi connectivity index (χ0v) is 10.8. The van der Waals surface area contributed by atoms with Gasteiger partial charge in [0.1, 0.15) is 5.82 Å². The third-order valence-electron chi connectivity index (χ3n) is 2.54. The summed E-state index contributed by atoms with van der Waals surface area (Å²) in [5.41, 5.74) is -0.391. The molecule has 0 fully saturated rings. The molecule has 2 heterocycles. The summed E-state index contributed by atoms with van der Waals surface area (Å²) < 4.78 is 1.66. The lowest BCUT2D eigenvalue weighted by atomic mass is 10.1. The van der Waals surface area contributed by atoms with Crippen LogP contribution in [0.1, 0.15) is 26.6 Å². The van der Waals surface area contributed by atoms with E-state index in [0.29, 0.717) is 12.4 Å². The van der Waals surface area contributed by atoms with E-state index in [1.807, 2.05) is 20.8 Å². The van der Waals surface area contributed by atoms with Crippen molar-refractivity contribution in [3.63, 3.8) is 0 Å². The number of nitrogens with zero attached hydrogens (tertiary/aromatic N) is 3. The Morgan fingerprint density at radius 3 is 2.72 bits per heavy atom.